The van der Waals surface area contributed by atoms with Crippen molar-refractivity contribution in [3.8, 4) is 0 Å². The first-order valence-corrected chi connectivity index (χ1v) is 10.1. The molecule has 0 bridgehead atoms. The van der Waals surface area contributed by atoms with Crippen molar-refractivity contribution in [2.45, 2.75) is 44.7 Å². The predicted octanol–water partition coefficient (Wildman–Crippen LogP) is 2.29. The third-order valence-corrected chi connectivity index (χ3v) is 5.95. The highest BCUT2D eigenvalue weighted by atomic mass is 16.4. The normalized spacial score (nSPS) is 19.7. The third-order valence-electron chi connectivity index (χ3n) is 5.95. The zero-order chi connectivity index (χ0) is 19.2. The number of rotatable bonds is 6. The van der Waals surface area contributed by atoms with Crippen molar-refractivity contribution in [1.82, 2.24) is 14.7 Å². The number of likely N-dealkylation sites (N-methyl/N-ethyl adjacent to an activating group) is 1. The quantitative estimate of drug-likeness (QED) is 0.829. The molecule has 2 aliphatic rings. The molecular weight excluding hydrogens is 342 g/mol. The molecule has 3 rings (SSSR count). The van der Waals surface area contributed by atoms with E-state index in [0.717, 1.165) is 51.1 Å². The second kappa shape index (κ2) is 9.33. The van der Waals surface area contributed by atoms with Crippen LogP contribution in [0.15, 0.2) is 24.3 Å². The summed E-state index contributed by atoms with van der Waals surface area (Å²) in [4.78, 5) is 30.1. The first-order chi connectivity index (χ1) is 13.0. The number of hydrogen-bond acceptors (Lipinski definition) is 4. The summed E-state index contributed by atoms with van der Waals surface area (Å²) in [5.41, 5.74) is 1.45. The first kappa shape index (κ1) is 19.8. The Balaban J connectivity index is 1.41. The van der Waals surface area contributed by atoms with Gasteiger partial charge in [0.05, 0.1) is 12.1 Å². The molecule has 0 spiro atoms. The highest BCUT2D eigenvalue weighted by molar-refractivity contribution is 5.87. The van der Waals surface area contributed by atoms with Crippen LogP contribution in [0.25, 0.3) is 0 Å². The maximum Gasteiger partial charge on any atom is 0.335 e. The van der Waals surface area contributed by atoms with Crippen molar-refractivity contribution >= 4 is 11.9 Å². The molecule has 27 heavy (non-hydrogen) atoms. The molecule has 1 amide bonds. The Kier molecular flexibility index (Phi) is 6.85. The van der Waals surface area contributed by atoms with Crippen LogP contribution < -0.4 is 0 Å². The van der Waals surface area contributed by atoms with Crippen LogP contribution in [-0.2, 0) is 11.3 Å². The van der Waals surface area contributed by atoms with Gasteiger partial charge >= 0.3 is 5.97 Å². The van der Waals surface area contributed by atoms with E-state index in [0.29, 0.717) is 18.2 Å². The molecule has 0 radical (unpaired) electrons. The van der Waals surface area contributed by atoms with Gasteiger partial charge in [-0.3, -0.25) is 14.6 Å². The molecule has 1 aliphatic heterocycles. The summed E-state index contributed by atoms with van der Waals surface area (Å²) in [6, 6.07) is 7.53. The van der Waals surface area contributed by atoms with Crippen LogP contribution in [-0.4, -0.2) is 77.5 Å². The number of carbonyl (C=O) groups excluding carboxylic acids is 1. The second-order valence-corrected chi connectivity index (χ2v) is 7.85. The lowest BCUT2D eigenvalue weighted by Crippen LogP contribution is -2.50. The van der Waals surface area contributed by atoms with Crippen LogP contribution in [0.4, 0.5) is 0 Å². The summed E-state index contributed by atoms with van der Waals surface area (Å²) in [6.45, 7) is 5.01. The minimum absolute atomic E-state index is 0.250. The molecule has 0 atom stereocenters. The molecule has 6 nitrogen and oxygen atoms in total. The summed E-state index contributed by atoms with van der Waals surface area (Å²) >= 11 is 0. The van der Waals surface area contributed by atoms with Crippen molar-refractivity contribution < 1.29 is 14.7 Å². The van der Waals surface area contributed by atoms with Gasteiger partial charge in [-0.1, -0.05) is 31.4 Å². The summed E-state index contributed by atoms with van der Waals surface area (Å²) < 4.78 is 0. The van der Waals surface area contributed by atoms with Gasteiger partial charge in [0.25, 0.3) is 0 Å². The van der Waals surface area contributed by atoms with E-state index >= 15 is 0 Å². The molecule has 1 aliphatic carbocycles. The molecule has 0 aromatic heterocycles. The largest absolute Gasteiger partial charge is 0.478 e. The van der Waals surface area contributed by atoms with Gasteiger partial charge in [0.1, 0.15) is 0 Å². The lowest BCUT2D eigenvalue weighted by molar-refractivity contribution is -0.134. The number of carboxylic acid groups (broad SMARTS) is 1. The molecular formula is C21H31N3O3. The van der Waals surface area contributed by atoms with E-state index < -0.39 is 5.97 Å². The van der Waals surface area contributed by atoms with Crippen LogP contribution in [0.5, 0.6) is 0 Å². The van der Waals surface area contributed by atoms with Crippen LogP contribution >= 0.6 is 0 Å². The van der Waals surface area contributed by atoms with E-state index in [1.54, 1.807) is 12.1 Å². The average molecular weight is 373 g/mol. The number of amides is 1. The fraction of sp³-hybridized carbons (Fsp3) is 0.619. The number of nitrogens with zero attached hydrogens (tertiary/aromatic N) is 3. The smallest absolute Gasteiger partial charge is 0.335 e. The number of benzene rings is 1. The van der Waals surface area contributed by atoms with E-state index in [-0.39, 0.29) is 5.91 Å². The Morgan fingerprint density at radius 3 is 2.19 bits per heavy atom. The Bertz CT molecular complexity index is 633. The fourth-order valence-electron chi connectivity index (χ4n) is 4.09. The number of aromatic carboxylic acids is 1. The van der Waals surface area contributed by atoms with Gasteiger partial charge in [-0.15, -0.1) is 0 Å². The maximum atomic E-state index is 12.6. The van der Waals surface area contributed by atoms with Crippen molar-refractivity contribution in [3.63, 3.8) is 0 Å². The molecule has 1 N–H and O–H groups in total. The molecule has 6 heteroatoms. The van der Waals surface area contributed by atoms with E-state index in [1.165, 1.54) is 19.3 Å². The Morgan fingerprint density at radius 1 is 1.00 bits per heavy atom. The minimum atomic E-state index is -0.891. The molecule has 1 saturated carbocycles. The van der Waals surface area contributed by atoms with Gasteiger partial charge in [-0.05, 0) is 30.5 Å². The van der Waals surface area contributed by atoms with Crippen LogP contribution in [0, 0.1) is 0 Å². The van der Waals surface area contributed by atoms with E-state index in [1.807, 2.05) is 24.1 Å². The summed E-state index contributed by atoms with van der Waals surface area (Å²) in [6.07, 6.45) is 6.09. The van der Waals surface area contributed by atoms with Crippen molar-refractivity contribution in [3.05, 3.63) is 35.4 Å². The topological polar surface area (TPSA) is 64.1 Å². The van der Waals surface area contributed by atoms with E-state index in [9.17, 15) is 9.59 Å². The highest BCUT2D eigenvalue weighted by Crippen LogP contribution is 2.21. The molecule has 0 unspecified atom stereocenters. The van der Waals surface area contributed by atoms with Gasteiger partial charge in [-0.2, -0.15) is 0 Å². The summed E-state index contributed by atoms with van der Waals surface area (Å²) in [5, 5.41) is 8.97. The number of carbonyl (C=O) groups is 2. The molecule has 1 saturated heterocycles. The fourth-order valence-corrected chi connectivity index (χ4v) is 4.09. The zero-order valence-corrected chi connectivity index (χ0v) is 16.3. The Labute approximate surface area is 161 Å². The molecule has 1 aromatic carbocycles. The number of carboxylic acids is 1. The molecule has 148 valence electrons. The van der Waals surface area contributed by atoms with Gasteiger partial charge in [-0.25, -0.2) is 4.79 Å². The Morgan fingerprint density at radius 2 is 1.59 bits per heavy atom. The van der Waals surface area contributed by atoms with Crippen molar-refractivity contribution in [2.75, 3.05) is 39.8 Å². The monoisotopic (exact) mass is 373 g/mol. The number of piperazine rings is 1. The van der Waals surface area contributed by atoms with E-state index in [4.69, 9.17) is 5.11 Å². The minimum Gasteiger partial charge on any atom is -0.478 e. The van der Waals surface area contributed by atoms with Crippen molar-refractivity contribution in [1.29, 1.82) is 0 Å². The Hall–Kier alpha value is -1.92. The van der Waals surface area contributed by atoms with Gasteiger partial charge in [0.15, 0.2) is 0 Å². The zero-order valence-electron chi connectivity index (χ0n) is 16.3. The van der Waals surface area contributed by atoms with Crippen LogP contribution in [0.1, 0.15) is 48.0 Å². The first-order valence-electron chi connectivity index (χ1n) is 10.1. The molecule has 2 fully saturated rings. The SMILES string of the molecule is CN(C(=O)CN1CCN(Cc2ccc(C(=O)O)cc2)CC1)C1CCCCC1. The average Bonchev–Trinajstić information content (AvgIpc) is 2.70. The molecule has 1 heterocycles. The molecule has 1 aromatic rings. The lowest BCUT2D eigenvalue weighted by Gasteiger charge is -2.37. The lowest BCUT2D eigenvalue weighted by atomic mass is 9.94. The maximum absolute atomic E-state index is 12.6. The van der Waals surface area contributed by atoms with E-state index in [2.05, 4.69) is 9.80 Å². The van der Waals surface area contributed by atoms with Crippen LogP contribution in [0.2, 0.25) is 0 Å². The number of hydrogen-bond donors (Lipinski definition) is 1. The van der Waals surface area contributed by atoms with Crippen LogP contribution in [0.3, 0.4) is 0 Å². The van der Waals surface area contributed by atoms with Gasteiger partial charge < -0.3 is 10.0 Å². The second-order valence-electron chi connectivity index (χ2n) is 7.85. The standard InChI is InChI=1S/C21H31N3O3/c1-22(19-5-3-2-4-6-19)20(25)16-24-13-11-23(12-14-24)15-17-7-9-18(10-8-17)21(26)27/h7-10,19H,2-6,11-16H2,1H3,(H,26,27). The third kappa shape index (κ3) is 5.53. The van der Waals surface area contributed by atoms with Gasteiger partial charge in [0.2, 0.25) is 5.91 Å². The summed E-state index contributed by atoms with van der Waals surface area (Å²) in [7, 11) is 1.97. The summed E-state index contributed by atoms with van der Waals surface area (Å²) in [5.74, 6) is -0.641. The van der Waals surface area contributed by atoms with Gasteiger partial charge in [0, 0.05) is 45.8 Å². The van der Waals surface area contributed by atoms with Crippen molar-refractivity contribution in [2.24, 2.45) is 0 Å². The predicted molar refractivity (Wildman–Crippen MR) is 105 cm³/mol. The highest BCUT2D eigenvalue weighted by Gasteiger charge is 2.25.